The first-order valence-electron chi connectivity index (χ1n) is 6.36. The molecule has 1 aromatic carbocycles. The number of thioether (sulfide) groups is 1. The summed E-state index contributed by atoms with van der Waals surface area (Å²) in [6, 6.07) is 7.40. The van der Waals surface area contributed by atoms with E-state index in [2.05, 4.69) is 10.2 Å². The maximum Gasteiger partial charge on any atom is 0.276 e. The van der Waals surface area contributed by atoms with Crippen LogP contribution < -0.4 is 4.74 Å². The Hall–Kier alpha value is -1.54. The highest BCUT2D eigenvalue weighted by Crippen LogP contribution is 2.30. The van der Waals surface area contributed by atoms with Crippen LogP contribution in [0, 0.1) is 0 Å². The zero-order valence-corrected chi connectivity index (χ0v) is 13.4. The summed E-state index contributed by atoms with van der Waals surface area (Å²) in [6.07, 6.45) is 1.20. The van der Waals surface area contributed by atoms with E-state index in [1.807, 2.05) is 31.2 Å². The third-order valence-electron chi connectivity index (χ3n) is 2.50. The maximum absolute atomic E-state index is 11.1. The van der Waals surface area contributed by atoms with Crippen LogP contribution in [0.1, 0.15) is 6.92 Å². The van der Waals surface area contributed by atoms with E-state index in [4.69, 9.17) is 9.15 Å². The lowest BCUT2D eigenvalue weighted by Crippen LogP contribution is -2.04. The second-order valence-corrected chi connectivity index (χ2v) is 7.59. The molecular weight excluding hydrogens is 312 g/mol. The van der Waals surface area contributed by atoms with Gasteiger partial charge in [-0.3, -0.25) is 0 Å². The lowest BCUT2D eigenvalue weighted by Gasteiger charge is -2.05. The molecule has 0 radical (unpaired) electrons. The Labute approximate surface area is 127 Å². The van der Waals surface area contributed by atoms with Crippen molar-refractivity contribution in [3.8, 4) is 17.2 Å². The Kier molecular flexibility index (Phi) is 5.24. The van der Waals surface area contributed by atoms with Gasteiger partial charge in [-0.2, -0.15) is 0 Å². The zero-order valence-electron chi connectivity index (χ0n) is 11.8. The summed E-state index contributed by atoms with van der Waals surface area (Å²) < 4.78 is 33.2. The van der Waals surface area contributed by atoms with Crippen LogP contribution in [0.15, 0.2) is 33.9 Å². The van der Waals surface area contributed by atoms with Gasteiger partial charge in [0.2, 0.25) is 0 Å². The number of nitrogens with zero attached hydrogens (tertiary/aromatic N) is 2. The summed E-state index contributed by atoms with van der Waals surface area (Å²) in [5.41, 5.74) is 0.724. The molecular formula is C13H16N2O4S2. The van der Waals surface area contributed by atoms with E-state index in [1.54, 1.807) is 0 Å². The fraction of sp³-hybridized carbons (Fsp3) is 0.385. The molecule has 2 aromatic rings. The van der Waals surface area contributed by atoms with E-state index < -0.39 is 9.84 Å². The van der Waals surface area contributed by atoms with Gasteiger partial charge in [0, 0.05) is 12.0 Å². The molecule has 0 aliphatic carbocycles. The lowest BCUT2D eigenvalue weighted by atomic mass is 10.2. The van der Waals surface area contributed by atoms with Gasteiger partial charge in [0.1, 0.15) is 15.6 Å². The van der Waals surface area contributed by atoms with E-state index in [-0.39, 0.29) is 5.75 Å². The van der Waals surface area contributed by atoms with Crippen molar-refractivity contribution in [1.82, 2.24) is 10.2 Å². The normalized spacial score (nSPS) is 11.5. The first-order chi connectivity index (χ1) is 9.99. The molecule has 0 spiro atoms. The number of ether oxygens (including phenoxy) is 1. The molecule has 0 aliphatic heterocycles. The zero-order chi connectivity index (χ0) is 15.3. The van der Waals surface area contributed by atoms with Crippen molar-refractivity contribution in [2.24, 2.45) is 0 Å². The molecule has 0 unspecified atom stereocenters. The van der Waals surface area contributed by atoms with Gasteiger partial charge in [0.25, 0.3) is 11.1 Å². The number of para-hydroxylation sites is 1. The minimum absolute atomic E-state index is 0.0743. The maximum atomic E-state index is 11.1. The molecule has 6 nitrogen and oxygen atoms in total. The quantitative estimate of drug-likeness (QED) is 0.721. The molecule has 2 rings (SSSR count). The fourth-order valence-electron chi connectivity index (χ4n) is 1.58. The average Bonchev–Trinajstić information content (AvgIpc) is 2.87. The predicted molar refractivity (Wildman–Crippen MR) is 81.3 cm³/mol. The number of benzene rings is 1. The van der Waals surface area contributed by atoms with Gasteiger partial charge in [-0.15, -0.1) is 10.2 Å². The van der Waals surface area contributed by atoms with Gasteiger partial charge >= 0.3 is 0 Å². The van der Waals surface area contributed by atoms with Crippen LogP contribution in [0.4, 0.5) is 0 Å². The number of hydrogen-bond donors (Lipinski definition) is 0. The highest BCUT2D eigenvalue weighted by atomic mass is 32.2. The van der Waals surface area contributed by atoms with Gasteiger partial charge in [-0.1, -0.05) is 23.9 Å². The molecule has 0 fully saturated rings. The van der Waals surface area contributed by atoms with Crippen LogP contribution in [0.25, 0.3) is 11.5 Å². The molecule has 1 aromatic heterocycles. The third-order valence-corrected chi connectivity index (χ3v) is 4.53. The Morgan fingerprint density at radius 3 is 2.76 bits per heavy atom. The Bertz CT molecular complexity index is 698. The second-order valence-electron chi connectivity index (χ2n) is 4.28. The summed E-state index contributed by atoms with van der Waals surface area (Å²) >= 11 is 1.22. The molecule has 0 atom stereocenters. The summed E-state index contributed by atoms with van der Waals surface area (Å²) in [4.78, 5) is 0. The van der Waals surface area contributed by atoms with Crippen LogP contribution in [-0.2, 0) is 9.84 Å². The molecule has 0 bridgehead atoms. The highest BCUT2D eigenvalue weighted by Gasteiger charge is 2.14. The summed E-state index contributed by atoms with van der Waals surface area (Å²) in [5.74, 6) is 1.50. The van der Waals surface area contributed by atoms with Gasteiger partial charge in [0.15, 0.2) is 0 Å². The largest absolute Gasteiger partial charge is 0.493 e. The predicted octanol–water partition coefficient (Wildman–Crippen LogP) is 2.27. The summed E-state index contributed by atoms with van der Waals surface area (Å²) in [6.45, 7) is 2.44. The standard InChI is InChI=1S/C13H16N2O4S2/c1-3-18-11-7-5-4-6-10(11)12-14-15-13(19-12)20-8-9-21(2,16)17/h4-7H,3,8-9H2,1-2H3. The van der Waals surface area contributed by atoms with Crippen molar-refractivity contribution in [2.45, 2.75) is 12.1 Å². The number of rotatable bonds is 7. The molecule has 21 heavy (non-hydrogen) atoms. The minimum Gasteiger partial charge on any atom is -0.493 e. The van der Waals surface area contributed by atoms with E-state index >= 15 is 0 Å². The van der Waals surface area contributed by atoms with Crippen LogP contribution in [-0.4, -0.2) is 43.0 Å². The van der Waals surface area contributed by atoms with E-state index in [1.165, 1.54) is 18.0 Å². The van der Waals surface area contributed by atoms with E-state index in [0.29, 0.717) is 29.2 Å². The molecule has 114 valence electrons. The lowest BCUT2D eigenvalue weighted by molar-refractivity contribution is 0.340. The van der Waals surface area contributed by atoms with Crippen molar-refractivity contribution < 1.29 is 17.6 Å². The number of aromatic nitrogens is 2. The molecule has 0 amide bonds. The molecule has 0 saturated carbocycles. The van der Waals surface area contributed by atoms with Gasteiger partial charge < -0.3 is 9.15 Å². The highest BCUT2D eigenvalue weighted by molar-refractivity contribution is 8.00. The summed E-state index contributed by atoms with van der Waals surface area (Å²) in [5, 5.41) is 8.23. The second kappa shape index (κ2) is 6.95. The van der Waals surface area contributed by atoms with Crippen LogP contribution in [0.5, 0.6) is 5.75 Å². The molecule has 8 heteroatoms. The van der Waals surface area contributed by atoms with Crippen molar-refractivity contribution in [3.05, 3.63) is 24.3 Å². The monoisotopic (exact) mass is 328 g/mol. The number of hydrogen-bond acceptors (Lipinski definition) is 7. The molecule has 0 aliphatic rings. The first-order valence-corrected chi connectivity index (χ1v) is 9.40. The van der Waals surface area contributed by atoms with Crippen molar-refractivity contribution in [1.29, 1.82) is 0 Å². The van der Waals surface area contributed by atoms with Crippen LogP contribution in [0.3, 0.4) is 0 Å². The average molecular weight is 328 g/mol. The van der Waals surface area contributed by atoms with Crippen LogP contribution >= 0.6 is 11.8 Å². The smallest absolute Gasteiger partial charge is 0.276 e. The molecule has 1 heterocycles. The van der Waals surface area contributed by atoms with Crippen molar-refractivity contribution >= 4 is 21.6 Å². The Morgan fingerprint density at radius 2 is 2.05 bits per heavy atom. The SMILES string of the molecule is CCOc1ccccc1-c1nnc(SCCS(C)(=O)=O)o1. The molecule has 0 saturated heterocycles. The Morgan fingerprint density at radius 1 is 1.29 bits per heavy atom. The third kappa shape index (κ3) is 4.75. The van der Waals surface area contributed by atoms with Gasteiger partial charge in [-0.05, 0) is 19.1 Å². The van der Waals surface area contributed by atoms with E-state index in [9.17, 15) is 8.42 Å². The van der Waals surface area contributed by atoms with Gasteiger partial charge in [-0.25, -0.2) is 8.42 Å². The fourth-order valence-corrected chi connectivity index (χ4v) is 3.54. The summed E-state index contributed by atoms with van der Waals surface area (Å²) in [7, 11) is -2.98. The molecule has 0 N–H and O–H groups in total. The van der Waals surface area contributed by atoms with Crippen molar-refractivity contribution in [2.75, 3.05) is 24.4 Å². The number of sulfone groups is 1. The van der Waals surface area contributed by atoms with E-state index in [0.717, 1.165) is 5.56 Å². The minimum atomic E-state index is -2.98. The topological polar surface area (TPSA) is 82.3 Å². The van der Waals surface area contributed by atoms with Crippen LogP contribution in [0.2, 0.25) is 0 Å². The van der Waals surface area contributed by atoms with Crippen molar-refractivity contribution in [3.63, 3.8) is 0 Å². The first kappa shape index (κ1) is 15.8. The van der Waals surface area contributed by atoms with Gasteiger partial charge in [0.05, 0.1) is 17.9 Å². The Balaban J connectivity index is 2.09.